The number of amides is 4. The second-order valence-corrected chi connectivity index (χ2v) is 8.80. The Hall–Kier alpha value is -5.24. The monoisotopic (exact) mass is 502 g/mol. The van der Waals surface area contributed by atoms with Gasteiger partial charge in [0.15, 0.2) is 11.7 Å². The van der Waals surface area contributed by atoms with Crippen LogP contribution in [0.3, 0.4) is 0 Å². The highest BCUT2D eigenvalue weighted by atomic mass is 16.2. The molecule has 5 rings (SSSR count). The SMILES string of the molecule is Cc1cccc(NC(=O)N2N=C(c3ccccc3)N(C(=O)Nc3cccc(C)c3)N=C2c2ccccc2)c1. The van der Waals surface area contributed by atoms with Gasteiger partial charge in [0.05, 0.1) is 0 Å². The summed E-state index contributed by atoms with van der Waals surface area (Å²) in [6.45, 7) is 3.90. The lowest BCUT2D eigenvalue weighted by molar-refractivity contribution is 0.224. The molecule has 0 radical (unpaired) electrons. The van der Waals surface area contributed by atoms with Crippen molar-refractivity contribution in [3.8, 4) is 0 Å². The minimum absolute atomic E-state index is 0.204. The van der Waals surface area contributed by atoms with Crippen LogP contribution in [0.4, 0.5) is 21.0 Å². The van der Waals surface area contributed by atoms with Crippen LogP contribution in [0.25, 0.3) is 0 Å². The summed E-state index contributed by atoms with van der Waals surface area (Å²) in [6, 6.07) is 32.3. The third-order valence-corrected chi connectivity index (χ3v) is 5.78. The molecule has 0 aromatic heterocycles. The quantitative estimate of drug-likeness (QED) is 0.338. The second kappa shape index (κ2) is 10.8. The predicted octanol–water partition coefficient (Wildman–Crippen LogP) is 6.41. The summed E-state index contributed by atoms with van der Waals surface area (Å²) in [5.74, 6) is 0.407. The molecule has 4 aromatic carbocycles. The van der Waals surface area contributed by atoms with E-state index < -0.39 is 12.1 Å². The molecule has 0 fully saturated rings. The fourth-order valence-electron chi connectivity index (χ4n) is 3.99. The van der Waals surface area contributed by atoms with E-state index in [0.717, 1.165) is 11.1 Å². The summed E-state index contributed by atoms with van der Waals surface area (Å²) in [5, 5.41) is 17.5. The van der Waals surface area contributed by atoms with Gasteiger partial charge in [0, 0.05) is 22.5 Å². The first kappa shape index (κ1) is 24.5. The maximum absolute atomic E-state index is 13.6. The lowest BCUT2D eigenvalue weighted by Crippen LogP contribution is -2.47. The molecule has 0 bridgehead atoms. The average molecular weight is 503 g/mol. The summed E-state index contributed by atoms with van der Waals surface area (Å²) in [4.78, 5) is 27.1. The van der Waals surface area contributed by atoms with Crippen molar-refractivity contribution < 1.29 is 9.59 Å². The van der Waals surface area contributed by atoms with Gasteiger partial charge in [-0.3, -0.25) is 0 Å². The number of hydrazone groups is 2. The van der Waals surface area contributed by atoms with Crippen molar-refractivity contribution in [1.82, 2.24) is 10.0 Å². The van der Waals surface area contributed by atoms with Crippen LogP contribution in [0.1, 0.15) is 22.3 Å². The van der Waals surface area contributed by atoms with Crippen LogP contribution >= 0.6 is 0 Å². The molecule has 38 heavy (non-hydrogen) atoms. The number of rotatable bonds is 4. The van der Waals surface area contributed by atoms with Gasteiger partial charge in [-0.15, -0.1) is 10.2 Å². The minimum atomic E-state index is -0.509. The van der Waals surface area contributed by atoms with Gasteiger partial charge in [0.1, 0.15) is 0 Å². The van der Waals surface area contributed by atoms with E-state index in [4.69, 9.17) is 0 Å². The fourth-order valence-corrected chi connectivity index (χ4v) is 3.99. The molecule has 4 aromatic rings. The minimum Gasteiger partial charge on any atom is -0.306 e. The summed E-state index contributed by atoms with van der Waals surface area (Å²) in [6.07, 6.45) is 0. The third-order valence-electron chi connectivity index (χ3n) is 5.78. The molecule has 8 heteroatoms. The molecular weight excluding hydrogens is 476 g/mol. The van der Waals surface area contributed by atoms with Crippen molar-refractivity contribution >= 4 is 35.1 Å². The molecule has 8 nitrogen and oxygen atoms in total. The zero-order valence-corrected chi connectivity index (χ0v) is 21.0. The first-order chi connectivity index (χ1) is 18.5. The number of anilines is 2. The topological polar surface area (TPSA) is 89.4 Å². The summed E-state index contributed by atoms with van der Waals surface area (Å²) in [7, 11) is 0. The molecule has 188 valence electrons. The van der Waals surface area contributed by atoms with Crippen molar-refractivity contribution in [2.45, 2.75) is 13.8 Å². The molecule has 0 aliphatic carbocycles. The molecule has 0 unspecified atom stereocenters. The molecule has 1 aliphatic heterocycles. The highest BCUT2D eigenvalue weighted by Crippen LogP contribution is 2.21. The number of nitrogens with zero attached hydrogens (tertiary/aromatic N) is 4. The van der Waals surface area contributed by atoms with Crippen LogP contribution in [0.5, 0.6) is 0 Å². The zero-order chi connectivity index (χ0) is 26.5. The first-order valence-electron chi connectivity index (χ1n) is 12.1. The van der Waals surface area contributed by atoms with Crippen molar-refractivity contribution in [3.63, 3.8) is 0 Å². The Morgan fingerprint density at radius 3 is 1.32 bits per heavy atom. The van der Waals surface area contributed by atoms with E-state index in [1.165, 1.54) is 10.0 Å². The van der Waals surface area contributed by atoms with Crippen LogP contribution in [0.15, 0.2) is 119 Å². The Balaban J connectivity index is 1.58. The third kappa shape index (κ3) is 5.44. The molecule has 2 N–H and O–H groups in total. The van der Waals surface area contributed by atoms with Crippen LogP contribution in [0.2, 0.25) is 0 Å². The lowest BCUT2D eigenvalue weighted by Gasteiger charge is -2.30. The molecule has 4 amide bonds. The maximum atomic E-state index is 13.6. The van der Waals surface area contributed by atoms with Crippen molar-refractivity contribution in [1.29, 1.82) is 0 Å². The Morgan fingerprint density at radius 1 is 0.553 bits per heavy atom. The smallest absolute Gasteiger partial charge is 0.306 e. The Kier molecular flexibility index (Phi) is 6.95. The Bertz CT molecular complexity index is 1420. The second-order valence-electron chi connectivity index (χ2n) is 8.80. The van der Waals surface area contributed by atoms with Crippen molar-refractivity contribution in [3.05, 3.63) is 131 Å². The van der Waals surface area contributed by atoms with Gasteiger partial charge < -0.3 is 10.6 Å². The van der Waals surface area contributed by atoms with Gasteiger partial charge >= 0.3 is 12.1 Å². The Labute approximate surface area is 220 Å². The summed E-state index contributed by atoms with van der Waals surface area (Å²) >= 11 is 0. The average Bonchev–Trinajstić information content (AvgIpc) is 2.93. The van der Waals surface area contributed by atoms with Gasteiger partial charge in [0.2, 0.25) is 0 Å². The predicted molar refractivity (Wildman–Crippen MR) is 150 cm³/mol. The van der Waals surface area contributed by atoms with Crippen LogP contribution < -0.4 is 10.6 Å². The first-order valence-corrected chi connectivity index (χ1v) is 12.1. The number of aryl methyl sites for hydroxylation is 2. The normalized spacial score (nSPS) is 12.9. The maximum Gasteiger partial charge on any atom is 0.348 e. The number of hydrogen-bond donors (Lipinski definition) is 2. The number of amidine groups is 2. The number of nitrogens with one attached hydrogen (secondary N) is 2. The van der Waals surface area contributed by atoms with Crippen molar-refractivity contribution in [2.75, 3.05) is 10.6 Å². The fraction of sp³-hybridized carbons (Fsp3) is 0.0667. The highest BCUT2D eigenvalue weighted by Gasteiger charge is 2.33. The number of benzene rings is 4. The van der Waals surface area contributed by atoms with Gasteiger partial charge in [-0.05, 0) is 49.2 Å². The van der Waals surface area contributed by atoms with Gasteiger partial charge in [-0.1, -0.05) is 84.9 Å². The molecule has 0 spiro atoms. The van der Waals surface area contributed by atoms with Crippen LogP contribution in [-0.2, 0) is 0 Å². The Morgan fingerprint density at radius 2 is 0.947 bits per heavy atom. The molecule has 1 aliphatic rings. The van der Waals surface area contributed by atoms with E-state index in [9.17, 15) is 9.59 Å². The standard InChI is InChI=1S/C30H26N6O2/c1-21-11-9-17-25(19-21)31-29(37)35-27(23-13-5-3-6-14-23)34-36(28(33-35)24-15-7-4-8-16-24)30(38)32-26-18-10-12-22(2)20-26/h3-20H,1-2H3,(H,31,37)(H,32,38). The number of carbonyl (C=O) groups is 2. The van der Waals surface area contributed by atoms with Gasteiger partial charge in [-0.2, -0.15) is 10.0 Å². The number of urea groups is 2. The van der Waals surface area contributed by atoms with E-state index in [1.54, 1.807) is 12.1 Å². The van der Waals surface area contributed by atoms with Gasteiger partial charge in [-0.25, -0.2) is 9.59 Å². The van der Waals surface area contributed by atoms with Gasteiger partial charge in [0.25, 0.3) is 0 Å². The molecule has 1 heterocycles. The number of hydrogen-bond acceptors (Lipinski definition) is 4. The van der Waals surface area contributed by atoms with E-state index in [-0.39, 0.29) is 11.7 Å². The zero-order valence-electron chi connectivity index (χ0n) is 21.0. The number of carbonyl (C=O) groups excluding carboxylic acids is 2. The largest absolute Gasteiger partial charge is 0.348 e. The van der Waals surface area contributed by atoms with E-state index in [0.29, 0.717) is 22.5 Å². The summed E-state index contributed by atoms with van der Waals surface area (Å²) in [5.41, 5.74) is 4.50. The van der Waals surface area contributed by atoms with Crippen LogP contribution in [0, 0.1) is 13.8 Å². The molecule has 0 atom stereocenters. The van der Waals surface area contributed by atoms with Crippen LogP contribution in [-0.4, -0.2) is 33.8 Å². The summed E-state index contributed by atoms with van der Waals surface area (Å²) < 4.78 is 0. The van der Waals surface area contributed by atoms with E-state index >= 15 is 0 Å². The molecule has 0 saturated carbocycles. The van der Waals surface area contributed by atoms with E-state index in [2.05, 4.69) is 20.8 Å². The van der Waals surface area contributed by atoms with E-state index in [1.807, 2.05) is 111 Å². The lowest BCUT2D eigenvalue weighted by atomic mass is 10.2. The van der Waals surface area contributed by atoms with Crippen molar-refractivity contribution in [2.24, 2.45) is 10.2 Å². The molecular formula is C30H26N6O2. The highest BCUT2D eigenvalue weighted by molar-refractivity contribution is 6.17. The molecule has 0 saturated heterocycles.